The molecule has 1 radical (unpaired) electrons. The first-order chi connectivity index (χ1) is 7.38. The average molecular weight is 202 g/mol. The smallest absolute Gasteiger partial charge is 0.396 e. The highest BCUT2D eigenvalue weighted by Crippen LogP contribution is 2.14. The Morgan fingerprint density at radius 2 is 2.13 bits per heavy atom. The number of carbonyl (C=O) groups excluding carboxylic acids is 1. The number of benzene rings is 1. The molecule has 0 aliphatic heterocycles. The average Bonchev–Trinajstić information content (AvgIpc) is 2.68. The Hall–Kier alpha value is -2.10. The van der Waals surface area contributed by atoms with Crippen molar-refractivity contribution in [3.63, 3.8) is 0 Å². The Labute approximate surface area is 86.5 Å². The fourth-order valence-electron chi connectivity index (χ4n) is 1.27. The second kappa shape index (κ2) is 4.41. The van der Waals surface area contributed by atoms with Crippen molar-refractivity contribution in [1.29, 1.82) is 0 Å². The monoisotopic (exact) mass is 202 g/mol. The summed E-state index contributed by atoms with van der Waals surface area (Å²) in [7, 11) is 0. The molecule has 0 spiro atoms. The van der Waals surface area contributed by atoms with Gasteiger partial charge in [0.1, 0.15) is 5.76 Å². The fourth-order valence-corrected chi connectivity index (χ4v) is 1.27. The van der Waals surface area contributed by atoms with E-state index in [0.717, 1.165) is 5.56 Å². The van der Waals surface area contributed by atoms with Crippen LogP contribution in [0.25, 0.3) is 0 Å². The molecule has 2 rings (SSSR count). The van der Waals surface area contributed by atoms with Crippen molar-refractivity contribution in [3.8, 4) is 5.88 Å². The summed E-state index contributed by atoms with van der Waals surface area (Å²) < 4.78 is 9.38. The van der Waals surface area contributed by atoms with Crippen LogP contribution in [0.4, 0.5) is 0 Å². The number of hydrogen-bond acceptors (Lipinski definition) is 4. The van der Waals surface area contributed by atoms with Crippen molar-refractivity contribution in [2.75, 3.05) is 0 Å². The number of ether oxygens (including phenoxy) is 1. The minimum atomic E-state index is 0.135. The van der Waals surface area contributed by atoms with Gasteiger partial charge in [0.15, 0.2) is 0 Å². The van der Waals surface area contributed by atoms with Crippen molar-refractivity contribution in [2.24, 2.45) is 0 Å². The van der Waals surface area contributed by atoms with E-state index in [9.17, 15) is 4.79 Å². The van der Waals surface area contributed by atoms with Crippen LogP contribution in [0.3, 0.4) is 0 Å². The molecule has 0 aliphatic rings. The summed E-state index contributed by atoms with van der Waals surface area (Å²) in [5, 5.41) is 3.54. The van der Waals surface area contributed by atoms with Crippen molar-refractivity contribution < 1.29 is 14.1 Å². The van der Waals surface area contributed by atoms with Crippen molar-refractivity contribution in [1.82, 2.24) is 5.16 Å². The summed E-state index contributed by atoms with van der Waals surface area (Å²) in [6.45, 7) is 1.29. The third kappa shape index (κ3) is 2.43. The SMILES string of the molecule is O=[C]Oc1cc(Cc2ccccc2)on1. The first kappa shape index (κ1) is 9.45. The summed E-state index contributed by atoms with van der Waals surface area (Å²) in [5.74, 6) is 0.780. The standard InChI is InChI=1S/C11H8NO3/c13-8-14-11-7-10(15-12-11)6-9-4-2-1-3-5-9/h1-5,7H,6H2. The van der Waals surface area contributed by atoms with Crippen LogP contribution in [-0.4, -0.2) is 11.6 Å². The second-order valence-corrected chi connectivity index (χ2v) is 2.98. The van der Waals surface area contributed by atoms with Gasteiger partial charge in [-0.3, -0.25) is 0 Å². The van der Waals surface area contributed by atoms with Crippen LogP contribution in [-0.2, 0) is 11.2 Å². The molecule has 75 valence electrons. The molecule has 15 heavy (non-hydrogen) atoms. The predicted octanol–water partition coefficient (Wildman–Crippen LogP) is 1.71. The topological polar surface area (TPSA) is 52.3 Å². The van der Waals surface area contributed by atoms with Crippen LogP contribution in [0.15, 0.2) is 40.9 Å². The van der Waals surface area contributed by atoms with Gasteiger partial charge in [-0.15, -0.1) is 0 Å². The van der Waals surface area contributed by atoms with E-state index in [1.807, 2.05) is 30.3 Å². The number of aromatic nitrogens is 1. The zero-order chi connectivity index (χ0) is 10.5. The molecule has 4 nitrogen and oxygen atoms in total. The third-order valence-electron chi connectivity index (χ3n) is 1.90. The second-order valence-electron chi connectivity index (χ2n) is 2.98. The van der Waals surface area contributed by atoms with Crippen molar-refractivity contribution >= 4 is 6.47 Å². The molecule has 0 saturated heterocycles. The predicted molar refractivity (Wildman–Crippen MR) is 52.1 cm³/mol. The van der Waals surface area contributed by atoms with Crippen LogP contribution in [0.5, 0.6) is 5.88 Å². The first-order valence-electron chi connectivity index (χ1n) is 4.42. The lowest BCUT2D eigenvalue weighted by atomic mass is 10.1. The molecule has 0 unspecified atom stereocenters. The van der Waals surface area contributed by atoms with E-state index in [1.165, 1.54) is 6.47 Å². The molecule has 1 aromatic carbocycles. The van der Waals surface area contributed by atoms with Gasteiger partial charge in [-0.1, -0.05) is 30.3 Å². The molecular formula is C11H8NO3. The van der Waals surface area contributed by atoms with Gasteiger partial charge in [0.25, 0.3) is 5.88 Å². The maximum absolute atomic E-state index is 9.91. The summed E-state index contributed by atoms with van der Waals surface area (Å²) in [6, 6.07) is 11.4. The molecule has 0 fully saturated rings. The Morgan fingerprint density at radius 1 is 1.33 bits per heavy atom. The number of rotatable bonds is 4. The Kier molecular flexibility index (Phi) is 2.78. The van der Waals surface area contributed by atoms with E-state index in [2.05, 4.69) is 9.89 Å². The Balaban J connectivity index is 2.08. The maximum Gasteiger partial charge on any atom is 0.424 e. The summed E-state index contributed by atoms with van der Waals surface area (Å²) in [4.78, 5) is 9.91. The van der Waals surface area contributed by atoms with Gasteiger partial charge in [-0.2, -0.15) is 0 Å². The lowest BCUT2D eigenvalue weighted by Crippen LogP contribution is -1.87. The highest BCUT2D eigenvalue weighted by molar-refractivity contribution is 5.43. The van der Waals surface area contributed by atoms with E-state index in [0.29, 0.717) is 12.2 Å². The summed E-state index contributed by atoms with van der Waals surface area (Å²) in [5.41, 5.74) is 1.11. The molecule has 0 saturated carbocycles. The van der Waals surface area contributed by atoms with E-state index in [4.69, 9.17) is 4.52 Å². The minimum absolute atomic E-state index is 0.135. The number of hydrogen-bond donors (Lipinski definition) is 0. The molecule has 1 aromatic heterocycles. The lowest BCUT2D eigenvalue weighted by Gasteiger charge is -1.94. The van der Waals surface area contributed by atoms with Gasteiger partial charge in [0.05, 0.1) is 0 Å². The third-order valence-corrected chi connectivity index (χ3v) is 1.90. The quantitative estimate of drug-likeness (QED) is 0.757. The highest BCUT2D eigenvalue weighted by Gasteiger charge is 2.05. The van der Waals surface area contributed by atoms with Crippen LogP contribution in [0, 0.1) is 0 Å². The summed E-state index contributed by atoms with van der Waals surface area (Å²) >= 11 is 0. The minimum Gasteiger partial charge on any atom is -0.396 e. The lowest BCUT2D eigenvalue weighted by molar-refractivity contribution is 0.353. The van der Waals surface area contributed by atoms with E-state index in [1.54, 1.807) is 6.07 Å². The van der Waals surface area contributed by atoms with Crippen LogP contribution in [0.2, 0.25) is 0 Å². The maximum atomic E-state index is 9.91. The zero-order valence-corrected chi connectivity index (χ0v) is 7.84. The molecule has 0 bridgehead atoms. The van der Waals surface area contributed by atoms with Gasteiger partial charge in [0.2, 0.25) is 0 Å². The molecule has 2 aromatic rings. The van der Waals surface area contributed by atoms with Crippen LogP contribution < -0.4 is 4.74 Å². The Bertz CT molecular complexity index is 436. The first-order valence-corrected chi connectivity index (χ1v) is 4.42. The fraction of sp³-hybridized carbons (Fsp3) is 0.0909. The largest absolute Gasteiger partial charge is 0.424 e. The van der Waals surface area contributed by atoms with Gasteiger partial charge < -0.3 is 9.26 Å². The zero-order valence-electron chi connectivity index (χ0n) is 7.84. The van der Waals surface area contributed by atoms with Crippen molar-refractivity contribution in [3.05, 3.63) is 47.7 Å². The van der Waals surface area contributed by atoms with Crippen LogP contribution >= 0.6 is 0 Å². The Morgan fingerprint density at radius 3 is 2.87 bits per heavy atom. The van der Waals surface area contributed by atoms with Gasteiger partial charge in [-0.25, -0.2) is 4.79 Å². The van der Waals surface area contributed by atoms with Gasteiger partial charge in [-0.05, 0) is 10.7 Å². The molecule has 0 N–H and O–H groups in total. The molecular weight excluding hydrogens is 194 g/mol. The normalized spacial score (nSPS) is 9.87. The molecule has 4 heteroatoms. The molecule has 0 atom stereocenters. The summed E-state index contributed by atoms with van der Waals surface area (Å²) in [6.07, 6.45) is 0.621. The molecule has 1 heterocycles. The van der Waals surface area contributed by atoms with E-state index >= 15 is 0 Å². The van der Waals surface area contributed by atoms with E-state index in [-0.39, 0.29) is 5.88 Å². The molecule has 0 amide bonds. The van der Waals surface area contributed by atoms with Crippen molar-refractivity contribution in [2.45, 2.75) is 6.42 Å². The molecule has 0 aliphatic carbocycles. The van der Waals surface area contributed by atoms with Gasteiger partial charge >= 0.3 is 6.47 Å². The van der Waals surface area contributed by atoms with E-state index < -0.39 is 0 Å². The number of nitrogens with zero attached hydrogens (tertiary/aromatic N) is 1. The van der Waals surface area contributed by atoms with Crippen LogP contribution in [0.1, 0.15) is 11.3 Å². The van der Waals surface area contributed by atoms with Gasteiger partial charge in [0, 0.05) is 12.5 Å². The highest BCUT2D eigenvalue weighted by atomic mass is 16.6.